The summed E-state index contributed by atoms with van der Waals surface area (Å²) in [4.78, 5) is 8.83. The highest BCUT2D eigenvalue weighted by molar-refractivity contribution is 7.10. The number of hydrogen-bond acceptors (Lipinski definition) is 3. The maximum atomic E-state index is 13.1. The lowest BCUT2D eigenvalue weighted by atomic mass is 9.91. The number of nitrogens with zero attached hydrogens (tertiary/aromatic N) is 1. The van der Waals surface area contributed by atoms with Gasteiger partial charge in [-0.2, -0.15) is 0 Å². The summed E-state index contributed by atoms with van der Waals surface area (Å²) >= 11 is 1.75. The summed E-state index contributed by atoms with van der Waals surface area (Å²) in [5, 5.41) is 5.38. The van der Waals surface area contributed by atoms with E-state index < -0.39 is 0 Å². The van der Waals surface area contributed by atoms with Gasteiger partial charge < -0.3 is 10.3 Å². The monoisotopic (exact) mass is 289 g/mol. The van der Waals surface area contributed by atoms with Crippen LogP contribution in [0.5, 0.6) is 0 Å². The van der Waals surface area contributed by atoms with E-state index in [1.807, 2.05) is 0 Å². The fourth-order valence-corrected chi connectivity index (χ4v) is 2.97. The van der Waals surface area contributed by atoms with E-state index in [1.54, 1.807) is 17.4 Å². The maximum absolute atomic E-state index is 13.1. The number of fused-ring (bicyclic) bond motifs is 1. The van der Waals surface area contributed by atoms with Crippen molar-refractivity contribution in [3.8, 4) is 0 Å². The molecule has 0 unspecified atom stereocenters. The number of anilines is 1. The number of thiophene rings is 1. The van der Waals surface area contributed by atoms with Crippen LogP contribution in [0.1, 0.15) is 18.7 Å². The molecule has 0 atom stereocenters. The fraction of sp³-hybridized carbons (Fsp3) is 0.267. The minimum Gasteiger partial charge on any atom is -0.355 e. The van der Waals surface area contributed by atoms with Crippen LogP contribution in [-0.2, 0) is 5.41 Å². The van der Waals surface area contributed by atoms with Crippen molar-refractivity contribution >= 4 is 28.3 Å². The zero-order valence-electron chi connectivity index (χ0n) is 11.4. The molecular formula is C15H16FN3S. The molecule has 0 saturated carbocycles. The summed E-state index contributed by atoms with van der Waals surface area (Å²) in [5.41, 5.74) is 1.50. The molecule has 0 saturated heterocycles. The summed E-state index contributed by atoms with van der Waals surface area (Å²) in [6.45, 7) is 5.14. The number of aromatic nitrogens is 2. The third-order valence-electron chi connectivity index (χ3n) is 3.33. The molecule has 0 aliphatic heterocycles. The molecule has 104 valence electrons. The van der Waals surface area contributed by atoms with Gasteiger partial charge in [0, 0.05) is 16.8 Å². The lowest BCUT2D eigenvalue weighted by molar-refractivity contribution is 0.567. The highest BCUT2D eigenvalue weighted by atomic mass is 32.1. The lowest BCUT2D eigenvalue weighted by Crippen LogP contribution is -2.26. The van der Waals surface area contributed by atoms with E-state index in [-0.39, 0.29) is 11.2 Å². The first-order valence-corrected chi connectivity index (χ1v) is 7.36. The van der Waals surface area contributed by atoms with Crippen LogP contribution in [0.25, 0.3) is 11.0 Å². The van der Waals surface area contributed by atoms with Gasteiger partial charge in [0.05, 0.1) is 11.0 Å². The molecule has 0 bridgehead atoms. The van der Waals surface area contributed by atoms with Crippen molar-refractivity contribution in [1.82, 2.24) is 9.97 Å². The molecule has 2 aromatic heterocycles. The first kappa shape index (κ1) is 13.1. The van der Waals surface area contributed by atoms with Crippen LogP contribution in [0.15, 0.2) is 35.7 Å². The Kier molecular flexibility index (Phi) is 3.22. The number of aromatic amines is 1. The third-order valence-corrected chi connectivity index (χ3v) is 4.57. The molecule has 3 nitrogen and oxygen atoms in total. The summed E-state index contributed by atoms with van der Waals surface area (Å²) in [5.74, 6) is 0.418. The van der Waals surface area contributed by atoms with Gasteiger partial charge in [-0.1, -0.05) is 19.9 Å². The maximum Gasteiger partial charge on any atom is 0.201 e. The van der Waals surface area contributed by atoms with Gasteiger partial charge in [0.2, 0.25) is 5.95 Å². The van der Waals surface area contributed by atoms with E-state index in [2.05, 4.69) is 46.6 Å². The molecular weight excluding hydrogens is 273 g/mol. The lowest BCUT2D eigenvalue weighted by Gasteiger charge is -2.23. The van der Waals surface area contributed by atoms with Crippen LogP contribution in [0.3, 0.4) is 0 Å². The van der Waals surface area contributed by atoms with Gasteiger partial charge in [0.25, 0.3) is 0 Å². The number of benzene rings is 1. The van der Waals surface area contributed by atoms with E-state index in [0.717, 1.165) is 12.1 Å². The van der Waals surface area contributed by atoms with Crippen molar-refractivity contribution in [3.63, 3.8) is 0 Å². The second kappa shape index (κ2) is 4.90. The normalized spacial score (nSPS) is 11.9. The molecule has 0 radical (unpaired) electrons. The summed E-state index contributed by atoms with van der Waals surface area (Å²) in [7, 11) is 0. The average molecular weight is 289 g/mol. The summed E-state index contributed by atoms with van der Waals surface area (Å²) in [6, 6.07) is 8.75. The SMILES string of the molecule is CC(C)(CNc1nc2ccc(F)cc2[nH]1)c1cccs1. The zero-order chi connectivity index (χ0) is 14.2. The van der Waals surface area contributed by atoms with Crippen LogP contribution in [0.2, 0.25) is 0 Å². The van der Waals surface area contributed by atoms with Crippen molar-refractivity contribution in [3.05, 3.63) is 46.4 Å². The molecule has 1 aromatic carbocycles. The Morgan fingerprint density at radius 3 is 2.95 bits per heavy atom. The predicted molar refractivity (Wildman–Crippen MR) is 81.9 cm³/mol. The Balaban J connectivity index is 1.77. The Bertz CT molecular complexity index is 716. The van der Waals surface area contributed by atoms with Gasteiger partial charge in [-0.25, -0.2) is 9.37 Å². The van der Waals surface area contributed by atoms with Gasteiger partial charge in [-0.3, -0.25) is 0 Å². The molecule has 20 heavy (non-hydrogen) atoms. The Hall–Kier alpha value is -1.88. The second-order valence-electron chi connectivity index (χ2n) is 5.46. The highest BCUT2D eigenvalue weighted by Crippen LogP contribution is 2.27. The second-order valence-corrected chi connectivity index (χ2v) is 6.41. The van der Waals surface area contributed by atoms with Crippen LogP contribution in [-0.4, -0.2) is 16.5 Å². The molecule has 0 spiro atoms. The molecule has 0 aliphatic carbocycles. The topological polar surface area (TPSA) is 40.7 Å². The summed E-state index contributed by atoms with van der Waals surface area (Å²) < 4.78 is 13.1. The number of imidazole rings is 1. The van der Waals surface area contributed by atoms with Crippen molar-refractivity contribution in [2.45, 2.75) is 19.3 Å². The van der Waals surface area contributed by atoms with E-state index in [4.69, 9.17) is 0 Å². The van der Waals surface area contributed by atoms with Crippen LogP contribution < -0.4 is 5.32 Å². The predicted octanol–water partition coefficient (Wildman–Crippen LogP) is 4.15. The van der Waals surface area contributed by atoms with Crippen molar-refractivity contribution in [2.24, 2.45) is 0 Å². The standard InChI is InChI=1S/C15H16FN3S/c1-15(2,13-4-3-7-20-13)9-17-14-18-11-6-5-10(16)8-12(11)19-14/h3-8H,9H2,1-2H3,(H2,17,18,19). The average Bonchev–Trinajstić information content (AvgIpc) is 3.05. The fourth-order valence-electron chi connectivity index (χ4n) is 2.12. The van der Waals surface area contributed by atoms with Crippen LogP contribution in [0.4, 0.5) is 10.3 Å². The minimum absolute atomic E-state index is 0.0262. The number of halogens is 1. The molecule has 0 aliphatic rings. The van der Waals surface area contributed by atoms with Crippen molar-refractivity contribution < 1.29 is 4.39 Å². The number of H-pyrrole nitrogens is 1. The molecule has 2 heterocycles. The van der Waals surface area contributed by atoms with Crippen LogP contribution >= 0.6 is 11.3 Å². The van der Waals surface area contributed by atoms with Gasteiger partial charge in [-0.05, 0) is 29.6 Å². The van der Waals surface area contributed by atoms with E-state index in [1.165, 1.54) is 17.0 Å². The molecule has 0 amide bonds. The smallest absolute Gasteiger partial charge is 0.201 e. The van der Waals surface area contributed by atoms with E-state index in [0.29, 0.717) is 11.5 Å². The van der Waals surface area contributed by atoms with Gasteiger partial charge in [0.1, 0.15) is 5.82 Å². The molecule has 3 aromatic rings. The molecule has 5 heteroatoms. The van der Waals surface area contributed by atoms with Gasteiger partial charge >= 0.3 is 0 Å². The van der Waals surface area contributed by atoms with Gasteiger partial charge in [-0.15, -0.1) is 11.3 Å². The summed E-state index contributed by atoms with van der Waals surface area (Å²) in [6.07, 6.45) is 0. The zero-order valence-corrected chi connectivity index (χ0v) is 12.2. The number of nitrogens with one attached hydrogen (secondary N) is 2. The van der Waals surface area contributed by atoms with Crippen LogP contribution in [0, 0.1) is 5.82 Å². The minimum atomic E-state index is -0.258. The largest absolute Gasteiger partial charge is 0.355 e. The molecule has 2 N–H and O–H groups in total. The van der Waals surface area contributed by atoms with E-state index in [9.17, 15) is 4.39 Å². The Morgan fingerprint density at radius 1 is 1.35 bits per heavy atom. The van der Waals surface area contributed by atoms with Crippen molar-refractivity contribution in [2.75, 3.05) is 11.9 Å². The quantitative estimate of drug-likeness (QED) is 0.757. The highest BCUT2D eigenvalue weighted by Gasteiger charge is 2.21. The number of rotatable bonds is 4. The molecule has 0 fully saturated rings. The first-order chi connectivity index (χ1) is 9.54. The van der Waals surface area contributed by atoms with Crippen molar-refractivity contribution in [1.29, 1.82) is 0 Å². The van der Waals surface area contributed by atoms with Gasteiger partial charge in [0.15, 0.2) is 0 Å². The van der Waals surface area contributed by atoms with E-state index >= 15 is 0 Å². The molecule has 3 rings (SSSR count). The first-order valence-electron chi connectivity index (χ1n) is 6.48. The Labute approximate surface area is 120 Å². The third kappa shape index (κ3) is 2.54. The number of hydrogen-bond donors (Lipinski definition) is 2. The Morgan fingerprint density at radius 2 is 2.20 bits per heavy atom.